The van der Waals surface area contributed by atoms with Crippen LogP contribution in [0, 0.1) is 5.92 Å². The average molecular weight is 409 g/mol. The van der Waals surface area contributed by atoms with E-state index in [0.29, 0.717) is 23.8 Å². The van der Waals surface area contributed by atoms with Crippen molar-refractivity contribution in [1.82, 2.24) is 14.9 Å². The van der Waals surface area contributed by atoms with E-state index >= 15 is 0 Å². The van der Waals surface area contributed by atoms with Crippen LogP contribution in [0.15, 0.2) is 42.6 Å². The van der Waals surface area contributed by atoms with Crippen molar-refractivity contribution in [2.75, 3.05) is 31.6 Å². The highest BCUT2D eigenvalue weighted by Crippen LogP contribution is 2.29. The van der Waals surface area contributed by atoms with Gasteiger partial charge in [0.15, 0.2) is 0 Å². The summed E-state index contributed by atoms with van der Waals surface area (Å²) >= 11 is 0. The van der Waals surface area contributed by atoms with Gasteiger partial charge in [-0.1, -0.05) is 43.2 Å². The Morgan fingerprint density at radius 3 is 2.53 bits per heavy atom. The van der Waals surface area contributed by atoms with Gasteiger partial charge in [0.1, 0.15) is 0 Å². The number of piperidine rings is 1. The maximum Gasteiger partial charge on any atom is 0.228 e. The number of aromatic nitrogens is 2. The minimum atomic E-state index is 0.100. The van der Waals surface area contributed by atoms with Crippen molar-refractivity contribution in [1.29, 1.82) is 0 Å². The number of methoxy groups -OCH3 is 1. The molecule has 1 aromatic heterocycles. The van der Waals surface area contributed by atoms with Gasteiger partial charge >= 0.3 is 0 Å². The van der Waals surface area contributed by atoms with E-state index < -0.39 is 0 Å². The molecular weight excluding hydrogens is 376 g/mol. The van der Waals surface area contributed by atoms with Crippen LogP contribution in [0.4, 0.5) is 5.95 Å². The second-order valence-corrected chi connectivity index (χ2v) is 8.37. The largest absolute Gasteiger partial charge is 0.481 e. The van der Waals surface area contributed by atoms with Gasteiger partial charge in [0.05, 0.1) is 7.11 Å². The Morgan fingerprint density at radius 2 is 1.83 bits per heavy atom. The van der Waals surface area contributed by atoms with Crippen molar-refractivity contribution < 1.29 is 9.53 Å². The second-order valence-electron chi connectivity index (χ2n) is 8.37. The minimum Gasteiger partial charge on any atom is -0.481 e. The summed E-state index contributed by atoms with van der Waals surface area (Å²) in [4.78, 5) is 26.7. The molecule has 30 heavy (non-hydrogen) atoms. The first-order chi connectivity index (χ1) is 14.7. The molecule has 1 aromatic carbocycles. The van der Waals surface area contributed by atoms with Crippen LogP contribution in [0.2, 0.25) is 0 Å². The Morgan fingerprint density at radius 1 is 1.10 bits per heavy atom. The van der Waals surface area contributed by atoms with Crippen molar-refractivity contribution in [3.05, 3.63) is 48.2 Å². The highest BCUT2D eigenvalue weighted by Gasteiger charge is 2.33. The van der Waals surface area contributed by atoms with Crippen LogP contribution in [-0.4, -0.2) is 53.6 Å². The predicted molar refractivity (Wildman–Crippen MR) is 118 cm³/mol. The van der Waals surface area contributed by atoms with Crippen molar-refractivity contribution in [3.63, 3.8) is 0 Å². The van der Waals surface area contributed by atoms with Crippen molar-refractivity contribution in [2.24, 2.45) is 5.92 Å². The van der Waals surface area contributed by atoms with E-state index in [1.165, 1.54) is 18.4 Å². The molecule has 1 amide bonds. The Labute approximate surface area is 179 Å². The third-order valence-electron chi connectivity index (χ3n) is 6.49. The van der Waals surface area contributed by atoms with E-state index in [4.69, 9.17) is 4.74 Å². The standard InChI is InChI=1S/C24H32N4O2/c1-30-22-11-15-25-24(26-22)27-16-13-20(14-17-27)23(29)28(21-9-5-6-10-21)18-12-19-7-3-2-4-8-19/h2-4,7-8,11,15,20-21H,5-6,9-10,12-14,16-18H2,1H3. The fraction of sp³-hybridized carbons (Fsp3) is 0.542. The van der Waals surface area contributed by atoms with Gasteiger partial charge in [0.25, 0.3) is 0 Å². The quantitative estimate of drug-likeness (QED) is 0.699. The summed E-state index contributed by atoms with van der Waals surface area (Å²) in [6, 6.07) is 12.7. The predicted octanol–water partition coefficient (Wildman–Crippen LogP) is 3.72. The maximum atomic E-state index is 13.5. The number of hydrogen-bond acceptors (Lipinski definition) is 5. The molecule has 2 heterocycles. The summed E-state index contributed by atoms with van der Waals surface area (Å²) in [6.07, 6.45) is 9.15. The lowest BCUT2D eigenvalue weighted by atomic mass is 9.94. The second kappa shape index (κ2) is 9.92. The van der Waals surface area contributed by atoms with E-state index in [9.17, 15) is 4.79 Å². The molecule has 6 nitrogen and oxygen atoms in total. The lowest BCUT2D eigenvalue weighted by Gasteiger charge is -2.36. The Balaban J connectivity index is 1.38. The molecule has 0 radical (unpaired) electrons. The molecule has 1 aliphatic heterocycles. The third-order valence-corrected chi connectivity index (χ3v) is 6.49. The van der Waals surface area contributed by atoms with Gasteiger partial charge < -0.3 is 14.5 Å². The SMILES string of the molecule is COc1ccnc(N2CCC(C(=O)N(CCc3ccccc3)C3CCCC3)CC2)n1. The molecule has 0 bridgehead atoms. The van der Waals surface area contributed by atoms with Crippen molar-refractivity contribution >= 4 is 11.9 Å². The van der Waals surface area contributed by atoms with Crippen molar-refractivity contribution in [2.45, 2.75) is 51.0 Å². The monoisotopic (exact) mass is 408 g/mol. The number of rotatable bonds is 7. The van der Waals surface area contributed by atoms with Crippen LogP contribution >= 0.6 is 0 Å². The van der Waals surface area contributed by atoms with E-state index in [1.807, 2.05) is 6.07 Å². The number of benzene rings is 1. The van der Waals surface area contributed by atoms with Crippen LogP contribution in [0.5, 0.6) is 5.88 Å². The van der Waals surface area contributed by atoms with Gasteiger partial charge in [0, 0.05) is 43.9 Å². The molecule has 0 unspecified atom stereocenters. The van der Waals surface area contributed by atoms with Crippen LogP contribution in [0.25, 0.3) is 0 Å². The molecule has 0 N–H and O–H groups in total. The van der Waals surface area contributed by atoms with Crippen LogP contribution in [-0.2, 0) is 11.2 Å². The Kier molecular flexibility index (Phi) is 6.82. The summed E-state index contributed by atoms with van der Waals surface area (Å²) in [5.74, 6) is 1.72. The fourth-order valence-corrected chi connectivity index (χ4v) is 4.74. The minimum absolute atomic E-state index is 0.100. The molecular formula is C24H32N4O2. The summed E-state index contributed by atoms with van der Waals surface area (Å²) in [5.41, 5.74) is 1.30. The average Bonchev–Trinajstić information content (AvgIpc) is 3.34. The molecule has 0 spiro atoms. The zero-order valence-electron chi connectivity index (χ0n) is 17.9. The highest BCUT2D eigenvalue weighted by atomic mass is 16.5. The number of amides is 1. The summed E-state index contributed by atoms with van der Waals surface area (Å²) in [5, 5.41) is 0. The molecule has 1 saturated carbocycles. The Hall–Kier alpha value is -2.63. The number of anilines is 1. The van der Waals surface area contributed by atoms with Crippen LogP contribution in [0.3, 0.4) is 0 Å². The number of nitrogens with zero attached hydrogens (tertiary/aromatic N) is 4. The normalized spacial score (nSPS) is 17.8. The summed E-state index contributed by atoms with van der Waals surface area (Å²) < 4.78 is 5.22. The first kappa shape index (κ1) is 20.6. The smallest absolute Gasteiger partial charge is 0.228 e. The van der Waals surface area contributed by atoms with Crippen molar-refractivity contribution in [3.8, 4) is 5.88 Å². The Bertz CT molecular complexity index is 815. The molecule has 2 fully saturated rings. The van der Waals surface area contributed by atoms with Gasteiger partial charge in [-0.3, -0.25) is 4.79 Å². The topological polar surface area (TPSA) is 58.6 Å². The highest BCUT2D eigenvalue weighted by molar-refractivity contribution is 5.79. The number of hydrogen-bond donors (Lipinski definition) is 0. The van der Waals surface area contributed by atoms with Gasteiger partial charge in [-0.25, -0.2) is 4.98 Å². The van der Waals surface area contributed by atoms with Gasteiger partial charge in [-0.2, -0.15) is 4.98 Å². The van der Waals surface area contributed by atoms with E-state index in [2.05, 4.69) is 44.0 Å². The van der Waals surface area contributed by atoms with E-state index in [1.54, 1.807) is 19.4 Å². The summed E-state index contributed by atoms with van der Waals surface area (Å²) in [6.45, 7) is 2.44. The zero-order valence-corrected chi connectivity index (χ0v) is 17.9. The fourth-order valence-electron chi connectivity index (χ4n) is 4.74. The molecule has 0 atom stereocenters. The lowest BCUT2D eigenvalue weighted by Crippen LogP contribution is -2.47. The molecule has 4 rings (SSSR count). The van der Waals surface area contributed by atoms with E-state index in [0.717, 1.165) is 51.7 Å². The number of carbonyl (C=O) groups excluding carboxylic acids is 1. The van der Waals surface area contributed by atoms with Gasteiger partial charge in [0.2, 0.25) is 17.7 Å². The summed E-state index contributed by atoms with van der Waals surface area (Å²) in [7, 11) is 1.62. The number of ether oxygens (including phenoxy) is 1. The van der Waals surface area contributed by atoms with Gasteiger partial charge in [-0.15, -0.1) is 0 Å². The lowest BCUT2D eigenvalue weighted by molar-refractivity contribution is -0.138. The molecule has 160 valence electrons. The molecule has 2 aliphatic rings. The molecule has 6 heteroatoms. The van der Waals surface area contributed by atoms with E-state index in [-0.39, 0.29) is 5.92 Å². The third kappa shape index (κ3) is 4.91. The first-order valence-corrected chi connectivity index (χ1v) is 11.2. The molecule has 2 aromatic rings. The maximum absolute atomic E-state index is 13.5. The molecule has 1 aliphatic carbocycles. The molecule has 1 saturated heterocycles. The van der Waals surface area contributed by atoms with Gasteiger partial charge in [-0.05, 0) is 37.7 Å². The van der Waals surface area contributed by atoms with Crippen LogP contribution in [0.1, 0.15) is 44.1 Å². The zero-order chi connectivity index (χ0) is 20.8. The first-order valence-electron chi connectivity index (χ1n) is 11.2. The van der Waals surface area contributed by atoms with Crippen LogP contribution < -0.4 is 9.64 Å². The number of carbonyl (C=O) groups is 1.